The Morgan fingerprint density at radius 1 is 1.18 bits per heavy atom. The van der Waals surface area contributed by atoms with Crippen LogP contribution in [0.5, 0.6) is 0 Å². The zero-order chi connectivity index (χ0) is 20.1. The first-order valence-electron chi connectivity index (χ1n) is 8.55. The summed E-state index contributed by atoms with van der Waals surface area (Å²) in [5.74, 6) is -0.227. The first-order valence-corrected chi connectivity index (χ1v) is 8.93. The summed E-state index contributed by atoms with van der Waals surface area (Å²) < 4.78 is 0. The number of carbonyl (C=O) groups is 2. The molecule has 0 saturated heterocycles. The van der Waals surface area contributed by atoms with Crippen LogP contribution in [0.25, 0.3) is 11.4 Å². The number of nitrogens with zero attached hydrogens (tertiary/aromatic N) is 5. The average Bonchev–Trinajstić information content (AvgIpc) is 3.12. The molecule has 2 aromatic carbocycles. The van der Waals surface area contributed by atoms with Crippen molar-refractivity contribution in [1.82, 2.24) is 25.1 Å². The highest BCUT2D eigenvalue weighted by Crippen LogP contribution is 2.18. The highest BCUT2D eigenvalue weighted by atomic mass is 35.5. The molecular weight excluding hydrogens is 380 g/mol. The molecule has 0 atom stereocenters. The van der Waals surface area contributed by atoms with E-state index >= 15 is 0 Å². The number of aromatic nitrogens is 4. The molecule has 0 aliphatic heterocycles. The molecule has 0 aliphatic rings. The number of hydrogen-bond acceptors (Lipinski definition) is 5. The van der Waals surface area contributed by atoms with Crippen molar-refractivity contribution in [2.75, 3.05) is 18.9 Å². The number of aryl methyl sites for hydroxylation is 1. The highest BCUT2D eigenvalue weighted by Gasteiger charge is 2.16. The second kappa shape index (κ2) is 8.62. The zero-order valence-electron chi connectivity index (χ0n) is 15.5. The maximum absolute atomic E-state index is 12.3. The van der Waals surface area contributed by atoms with Crippen LogP contribution in [-0.2, 0) is 16.1 Å². The number of halogens is 1. The Kier molecular flexibility index (Phi) is 6.00. The fourth-order valence-electron chi connectivity index (χ4n) is 2.44. The Labute approximate surface area is 167 Å². The van der Waals surface area contributed by atoms with Gasteiger partial charge < -0.3 is 10.2 Å². The Balaban J connectivity index is 1.55. The molecule has 0 radical (unpaired) electrons. The molecule has 0 aliphatic carbocycles. The summed E-state index contributed by atoms with van der Waals surface area (Å²) >= 11 is 5.96. The minimum atomic E-state index is -0.311. The maximum Gasteiger partial charge on any atom is 0.246 e. The lowest BCUT2D eigenvalue weighted by Gasteiger charge is -2.16. The summed E-state index contributed by atoms with van der Waals surface area (Å²) in [5, 5.41) is 15.3. The van der Waals surface area contributed by atoms with Crippen molar-refractivity contribution in [3.05, 3.63) is 59.1 Å². The van der Waals surface area contributed by atoms with E-state index in [2.05, 4.69) is 20.7 Å². The number of anilines is 1. The van der Waals surface area contributed by atoms with Crippen molar-refractivity contribution < 1.29 is 9.59 Å². The van der Waals surface area contributed by atoms with Crippen LogP contribution in [0.1, 0.15) is 5.56 Å². The zero-order valence-corrected chi connectivity index (χ0v) is 16.2. The molecule has 9 heteroatoms. The predicted octanol–water partition coefficient (Wildman–Crippen LogP) is 2.40. The number of carbonyl (C=O) groups excluding carboxylic acids is 2. The topological polar surface area (TPSA) is 93.0 Å². The number of nitrogens with one attached hydrogen (secondary N) is 1. The average molecular weight is 399 g/mol. The standard InChI is InChI=1S/C19H19ClN6O2/c1-13-6-8-16(9-7-13)21-17(27)11-25(2)18(28)12-26-23-19(22-24-26)14-4-3-5-15(20)10-14/h3-10H,11-12H2,1-2H3,(H,21,27). The summed E-state index contributed by atoms with van der Waals surface area (Å²) in [6.45, 7) is 1.76. The maximum atomic E-state index is 12.3. The van der Waals surface area contributed by atoms with E-state index in [0.29, 0.717) is 22.1 Å². The van der Waals surface area contributed by atoms with E-state index in [1.54, 1.807) is 31.3 Å². The molecule has 144 valence electrons. The van der Waals surface area contributed by atoms with E-state index in [1.165, 1.54) is 9.70 Å². The third-order valence-electron chi connectivity index (χ3n) is 3.95. The summed E-state index contributed by atoms with van der Waals surface area (Å²) in [5.41, 5.74) is 2.49. The molecule has 3 rings (SSSR count). The quantitative estimate of drug-likeness (QED) is 0.688. The van der Waals surface area contributed by atoms with E-state index in [9.17, 15) is 9.59 Å². The Morgan fingerprint density at radius 2 is 1.93 bits per heavy atom. The Morgan fingerprint density at radius 3 is 2.64 bits per heavy atom. The fourth-order valence-corrected chi connectivity index (χ4v) is 2.63. The lowest BCUT2D eigenvalue weighted by molar-refractivity contribution is -0.134. The summed E-state index contributed by atoms with van der Waals surface area (Å²) in [4.78, 5) is 27.0. The van der Waals surface area contributed by atoms with Crippen LogP contribution in [0.4, 0.5) is 5.69 Å². The molecule has 0 spiro atoms. The lowest BCUT2D eigenvalue weighted by atomic mass is 10.2. The van der Waals surface area contributed by atoms with E-state index in [-0.39, 0.29) is 24.9 Å². The molecule has 1 aromatic heterocycles. The van der Waals surface area contributed by atoms with Crippen molar-refractivity contribution >= 4 is 29.1 Å². The summed E-state index contributed by atoms with van der Waals surface area (Å²) in [7, 11) is 1.55. The number of likely N-dealkylation sites (N-methyl/N-ethyl adjacent to an activating group) is 1. The van der Waals surface area contributed by atoms with Gasteiger partial charge in [-0.25, -0.2) is 0 Å². The normalized spacial score (nSPS) is 10.5. The van der Waals surface area contributed by atoms with Crippen LogP contribution in [0, 0.1) is 6.92 Å². The molecule has 0 fully saturated rings. The fraction of sp³-hybridized carbons (Fsp3) is 0.211. The number of tetrazole rings is 1. The second-order valence-electron chi connectivity index (χ2n) is 6.32. The highest BCUT2D eigenvalue weighted by molar-refractivity contribution is 6.30. The van der Waals surface area contributed by atoms with Gasteiger partial charge in [-0.15, -0.1) is 10.2 Å². The van der Waals surface area contributed by atoms with Crippen molar-refractivity contribution in [3.8, 4) is 11.4 Å². The van der Waals surface area contributed by atoms with Crippen LogP contribution in [0.2, 0.25) is 5.02 Å². The van der Waals surface area contributed by atoms with Gasteiger partial charge in [-0.3, -0.25) is 9.59 Å². The van der Waals surface area contributed by atoms with Gasteiger partial charge in [0.05, 0.1) is 6.54 Å². The van der Waals surface area contributed by atoms with Crippen LogP contribution in [0.3, 0.4) is 0 Å². The van der Waals surface area contributed by atoms with Crippen molar-refractivity contribution in [2.45, 2.75) is 13.5 Å². The molecule has 28 heavy (non-hydrogen) atoms. The number of amides is 2. The summed E-state index contributed by atoms with van der Waals surface area (Å²) in [6, 6.07) is 14.5. The van der Waals surface area contributed by atoms with Crippen LogP contribution >= 0.6 is 11.6 Å². The van der Waals surface area contributed by atoms with Gasteiger partial charge in [-0.2, -0.15) is 4.80 Å². The van der Waals surface area contributed by atoms with E-state index in [0.717, 1.165) is 5.56 Å². The van der Waals surface area contributed by atoms with Gasteiger partial charge in [0.1, 0.15) is 6.54 Å². The largest absolute Gasteiger partial charge is 0.335 e. The van der Waals surface area contributed by atoms with Crippen molar-refractivity contribution in [1.29, 1.82) is 0 Å². The molecule has 1 N–H and O–H groups in total. The molecule has 8 nitrogen and oxygen atoms in total. The van der Waals surface area contributed by atoms with Gasteiger partial charge in [0, 0.05) is 23.3 Å². The van der Waals surface area contributed by atoms with Crippen LogP contribution in [0.15, 0.2) is 48.5 Å². The Hall–Kier alpha value is -3.26. The molecule has 1 heterocycles. The van der Waals surface area contributed by atoms with Crippen LogP contribution in [-0.4, -0.2) is 50.5 Å². The number of rotatable bonds is 6. The van der Waals surface area contributed by atoms with E-state index in [1.807, 2.05) is 31.2 Å². The minimum absolute atomic E-state index is 0.0808. The second-order valence-corrected chi connectivity index (χ2v) is 6.75. The minimum Gasteiger partial charge on any atom is -0.335 e. The molecule has 0 unspecified atom stereocenters. The molecule has 2 amide bonds. The van der Waals surface area contributed by atoms with Gasteiger partial charge in [0.2, 0.25) is 17.6 Å². The Bertz CT molecular complexity index is 986. The van der Waals surface area contributed by atoms with Gasteiger partial charge >= 0.3 is 0 Å². The van der Waals surface area contributed by atoms with Gasteiger partial charge in [-0.05, 0) is 36.4 Å². The molecular formula is C19H19ClN6O2. The smallest absolute Gasteiger partial charge is 0.246 e. The number of hydrogen-bond donors (Lipinski definition) is 1. The van der Waals surface area contributed by atoms with E-state index in [4.69, 9.17) is 11.6 Å². The lowest BCUT2D eigenvalue weighted by Crippen LogP contribution is -2.37. The monoisotopic (exact) mass is 398 g/mol. The van der Waals surface area contributed by atoms with Gasteiger partial charge in [-0.1, -0.05) is 41.4 Å². The third kappa shape index (κ3) is 5.14. The molecule has 3 aromatic rings. The number of benzene rings is 2. The molecule has 0 bridgehead atoms. The predicted molar refractivity (Wildman–Crippen MR) is 106 cm³/mol. The molecule has 0 saturated carbocycles. The van der Waals surface area contributed by atoms with Gasteiger partial charge in [0.25, 0.3) is 0 Å². The first kappa shape index (κ1) is 19.5. The van der Waals surface area contributed by atoms with Crippen LogP contribution < -0.4 is 5.32 Å². The van der Waals surface area contributed by atoms with Crippen molar-refractivity contribution in [2.24, 2.45) is 0 Å². The third-order valence-corrected chi connectivity index (χ3v) is 4.19. The van der Waals surface area contributed by atoms with Gasteiger partial charge in [0.15, 0.2) is 0 Å². The summed E-state index contributed by atoms with van der Waals surface area (Å²) in [6.07, 6.45) is 0. The SMILES string of the molecule is Cc1ccc(NC(=O)CN(C)C(=O)Cn2nnc(-c3cccc(Cl)c3)n2)cc1. The first-order chi connectivity index (χ1) is 13.4. The van der Waals surface area contributed by atoms with E-state index < -0.39 is 0 Å². The van der Waals surface area contributed by atoms with Crippen molar-refractivity contribution in [3.63, 3.8) is 0 Å².